The topological polar surface area (TPSA) is 67.7 Å². The molecule has 3 aliphatic rings. The second-order valence-corrected chi connectivity index (χ2v) is 7.91. The number of piperidine rings is 1. The zero-order valence-electron chi connectivity index (χ0n) is 15.5. The van der Waals surface area contributed by atoms with Crippen molar-refractivity contribution in [2.45, 2.75) is 44.6 Å². The minimum absolute atomic E-state index is 0.0683. The molecular formula is C19H28N4O3. The summed E-state index contributed by atoms with van der Waals surface area (Å²) < 4.78 is 7.23. The number of hydrogen-bond acceptors (Lipinski definition) is 4. The number of hydrogen-bond donors (Lipinski definition) is 0. The Bertz CT molecular complexity index is 669. The van der Waals surface area contributed by atoms with Crippen LogP contribution in [-0.2, 0) is 16.6 Å². The van der Waals surface area contributed by atoms with Crippen LogP contribution in [0, 0.1) is 5.41 Å². The fraction of sp³-hybridized carbons (Fsp3) is 0.737. The Morgan fingerprint density at radius 3 is 2.50 bits per heavy atom. The summed E-state index contributed by atoms with van der Waals surface area (Å²) in [6.45, 7) is 3.63. The molecule has 0 aliphatic carbocycles. The first-order chi connectivity index (χ1) is 12.6. The lowest BCUT2D eigenvalue weighted by atomic mass is 9.67. The monoisotopic (exact) mass is 360 g/mol. The molecule has 1 spiro atoms. The molecule has 1 aromatic heterocycles. The van der Waals surface area contributed by atoms with Gasteiger partial charge in [0.1, 0.15) is 6.04 Å². The van der Waals surface area contributed by atoms with Crippen LogP contribution < -0.4 is 0 Å². The van der Waals surface area contributed by atoms with Crippen molar-refractivity contribution in [2.24, 2.45) is 12.5 Å². The van der Waals surface area contributed by atoms with Gasteiger partial charge < -0.3 is 14.5 Å². The van der Waals surface area contributed by atoms with Crippen molar-refractivity contribution in [1.82, 2.24) is 19.6 Å². The van der Waals surface area contributed by atoms with Gasteiger partial charge in [-0.2, -0.15) is 5.10 Å². The van der Waals surface area contributed by atoms with E-state index >= 15 is 0 Å². The van der Waals surface area contributed by atoms with Crippen LogP contribution in [0.25, 0.3) is 0 Å². The molecular weight excluding hydrogens is 332 g/mol. The van der Waals surface area contributed by atoms with Crippen LogP contribution >= 0.6 is 0 Å². The molecule has 4 heterocycles. The Kier molecular flexibility index (Phi) is 4.73. The Labute approximate surface area is 154 Å². The normalized spacial score (nSPS) is 25.7. The van der Waals surface area contributed by atoms with Gasteiger partial charge in [-0.1, -0.05) is 0 Å². The average molecular weight is 360 g/mol. The summed E-state index contributed by atoms with van der Waals surface area (Å²) in [5, 5.41) is 4.14. The number of rotatable bonds is 2. The van der Waals surface area contributed by atoms with Crippen molar-refractivity contribution in [3.63, 3.8) is 0 Å². The van der Waals surface area contributed by atoms with Gasteiger partial charge in [0.15, 0.2) is 0 Å². The second-order valence-electron chi connectivity index (χ2n) is 7.91. The summed E-state index contributed by atoms with van der Waals surface area (Å²) in [4.78, 5) is 30.5. The molecule has 7 nitrogen and oxygen atoms in total. The van der Waals surface area contributed by atoms with Gasteiger partial charge in [0, 0.05) is 51.5 Å². The van der Waals surface area contributed by atoms with Crippen molar-refractivity contribution >= 4 is 11.8 Å². The smallest absolute Gasteiger partial charge is 0.257 e. The van der Waals surface area contributed by atoms with Gasteiger partial charge in [0.25, 0.3) is 5.91 Å². The number of amides is 2. The van der Waals surface area contributed by atoms with E-state index in [4.69, 9.17) is 4.74 Å². The second kappa shape index (κ2) is 7.02. The standard InChI is InChI=1S/C19H28N4O3/c1-21-14-15(13-20-21)17(24)23-10-4-5-19(6-11-26-12-7-19)16(23)18(25)22-8-2-3-9-22/h13-14,16H,2-12H2,1H3. The van der Waals surface area contributed by atoms with Gasteiger partial charge >= 0.3 is 0 Å². The lowest BCUT2D eigenvalue weighted by Gasteiger charge is -2.51. The Morgan fingerprint density at radius 1 is 1.12 bits per heavy atom. The summed E-state index contributed by atoms with van der Waals surface area (Å²) in [6.07, 6.45) is 9.11. The minimum atomic E-state index is -0.369. The van der Waals surface area contributed by atoms with Gasteiger partial charge in [-0.15, -0.1) is 0 Å². The first-order valence-corrected chi connectivity index (χ1v) is 9.77. The maximum atomic E-state index is 13.5. The third-order valence-electron chi connectivity index (χ3n) is 6.32. The van der Waals surface area contributed by atoms with E-state index in [-0.39, 0.29) is 23.3 Å². The highest BCUT2D eigenvalue weighted by Crippen LogP contribution is 2.45. The van der Waals surface area contributed by atoms with Crippen LogP contribution in [0.1, 0.15) is 48.9 Å². The van der Waals surface area contributed by atoms with Gasteiger partial charge in [-0.05, 0) is 38.5 Å². The molecule has 3 fully saturated rings. The molecule has 1 unspecified atom stereocenters. The number of aryl methyl sites for hydroxylation is 1. The predicted molar refractivity (Wildman–Crippen MR) is 95.6 cm³/mol. The molecule has 3 aliphatic heterocycles. The van der Waals surface area contributed by atoms with Crippen LogP contribution in [0.15, 0.2) is 12.4 Å². The number of carbonyl (C=O) groups excluding carboxylic acids is 2. The van der Waals surface area contributed by atoms with Crippen molar-refractivity contribution < 1.29 is 14.3 Å². The Balaban J connectivity index is 1.68. The van der Waals surface area contributed by atoms with Crippen molar-refractivity contribution in [3.05, 3.63) is 18.0 Å². The molecule has 0 bridgehead atoms. The molecule has 1 atom stereocenters. The van der Waals surface area contributed by atoms with Crippen molar-refractivity contribution in [3.8, 4) is 0 Å². The van der Waals surface area contributed by atoms with Gasteiger partial charge in [-0.3, -0.25) is 14.3 Å². The van der Waals surface area contributed by atoms with Crippen molar-refractivity contribution in [2.75, 3.05) is 32.8 Å². The largest absolute Gasteiger partial charge is 0.381 e. The van der Waals surface area contributed by atoms with Crippen molar-refractivity contribution in [1.29, 1.82) is 0 Å². The number of aromatic nitrogens is 2. The quantitative estimate of drug-likeness (QED) is 0.800. The zero-order chi connectivity index (χ0) is 18.1. The Morgan fingerprint density at radius 2 is 1.85 bits per heavy atom. The highest BCUT2D eigenvalue weighted by Gasteiger charge is 2.52. The van der Waals surface area contributed by atoms with Gasteiger partial charge in [-0.25, -0.2) is 0 Å². The predicted octanol–water partition coefficient (Wildman–Crippen LogP) is 1.44. The van der Waals surface area contributed by atoms with Crippen LogP contribution in [-0.4, -0.2) is 70.3 Å². The lowest BCUT2D eigenvalue weighted by Crippen LogP contribution is -2.62. The molecule has 0 radical (unpaired) electrons. The summed E-state index contributed by atoms with van der Waals surface area (Å²) >= 11 is 0. The molecule has 142 valence electrons. The molecule has 2 amide bonds. The third-order valence-corrected chi connectivity index (χ3v) is 6.32. The highest BCUT2D eigenvalue weighted by atomic mass is 16.5. The lowest BCUT2D eigenvalue weighted by molar-refractivity contribution is -0.147. The minimum Gasteiger partial charge on any atom is -0.381 e. The summed E-state index contributed by atoms with van der Waals surface area (Å²) in [5.41, 5.74) is 0.421. The molecule has 4 rings (SSSR count). The van der Waals surface area contributed by atoms with Crippen LogP contribution in [0.5, 0.6) is 0 Å². The molecule has 1 aromatic rings. The zero-order valence-corrected chi connectivity index (χ0v) is 15.5. The van der Waals surface area contributed by atoms with Crippen LogP contribution in [0.4, 0.5) is 0 Å². The van der Waals surface area contributed by atoms with Gasteiger partial charge in [0.2, 0.25) is 5.91 Å². The number of carbonyl (C=O) groups is 2. The molecule has 0 saturated carbocycles. The Hall–Kier alpha value is -1.89. The first kappa shape index (κ1) is 17.5. The highest BCUT2D eigenvalue weighted by molar-refractivity contribution is 5.97. The van der Waals surface area contributed by atoms with Gasteiger partial charge in [0.05, 0.1) is 11.8 Å². The van der Waals surface area contributed by atoms with E-state index in [1.165, 1.54) is 0 Å². The molecule has 0 aromatic carbocycles. The molecule has 7 heteroatoms. The van der Waals surface area contributed by atoms with E-state index in [2.05, 4.69) is 5.10 Å². The molecule has 3 saturated heterocycles. The summed E-state index contributed by atoms with van der Waals surface area (Å²) in [7, 11) is 1.81. The van der Waals surface area contributed by atoms with E-state index in [0.717, 1.165) is 51.6 Å². The summed E-state index contributed by atoms with van der Waals surface area (Å²) in [6, 6.07) is -0.369. The van der Waals surface area contributed by atoms with Crippen LogP contribution in [0.2, 0.25) is 0 Å². The van der Waals surface area contributed by atoms with E-state index in [9.17, 15) is 9.59 Å². The van der Waals surface area contributed by atoms with E-state index < -0.39 is 0 Å². The third kappa shape index (κ3) is 3.02. The number of nitrogens with zero attached hydrogens (tertiary/aromatic N) is 4. The SMILES string of the molecule is Cn1cc(C(=O)N2CCCC3(CCOCC3)C2C(=O)N2CCCC2)cn1. The maximum Gasteiger partial charge on any atom is 0.257 e. The number of ether oxygens (including phenoxy) is 1. The van der Waals surface area contributed by atoms with E-state index in [1.807, 2.05) is 9.80 Å². The van der Waals surface area contributed by atoms with Crippen LogP contribution in [0.3, 0.4) is 0 Å². The van der Waals surface area contributed by atoms with E-state index in [0.29, 0.717) is 25.3 Å². The average Bonchev–Trinajstić information content (AvgIpc) is 3.33. The first-order valence-electron chi connectivity index (χ1n) is 9.77. The molecule has 26 heavy (non-hydrogen) atoms. The fourth-order valence-electron chi connectivity index (χ4n) is 4.92. The number of likely N-dealkylation sites (tertiary alicyclic amines) is 2. The fourth-order valence-corrected chi connectivity index (χ4v) is 4.92. The van der Waals surface area contributed by atoms with E-state index in [1.54, 1.807) is 24.1 Å². The maximum absolute atomic E-state index is 13.5. The molecule has 0 N–H and O–H groups in total. The summed E-state index contributed by atoms with van der Waals surface area (Å²) in [5.74, 6) is 0.0718.